The second kappa shape index (κ2) is 6.61. The molecule has 3 N–H and O–H groups in total. The number of para-hydroxylation sites is 1. The van der Waals surface area contributed by atoms with E-state index in [4.69, 9.17) is 0 Å². The molecular formula is C15H22N2O3. The smallest absolute Gasteiger partial charge is 0.257 e. The van der Waals surface area contributed by atoms with Crippen molar-refractivity contribution >= 4 is 5.91 Å². The van der Waals surface area contributed by atoms with Crippen molar-refractivity contribution in [1.29, 1.82) is 0 Å². The number of rotatable bonds is 4. The molecule has 2 rings (SSSR count). The van der Waals surface area contributed by atoms with Crippen LogP contribution in [0.5, 0.6) is 11.5 Å². The standard InChI is InChI=1S/C15H22N2O3/c1-2-17(10-11-6-3-4-9-16-11)15(20)12-7-5-8-13(18)14(12)19/h5,7-8,11,16,18-19H,2-4,6,9-10H2,1H3. The molecule has 5 heteroatoms. The molecular weight excluding hydrogens is 256 g/mol. The highest BCUT2D eigenvalue weighted by molar-refractivity contribution is 5.97. The van der Waals surface area contributed by atoms with E-state index in [1.807, 2.05) is 6.92 Å². The summed E-state index contributed by atoms with van der Waals surface area (Å²) in [5.74, 6) is -0.844. The lowest BCUT2D eigenvalue weighted by Crippen LogP contribution is -2.45. The molecule has 0 bridgehead atoms. The van der Waals surface area contributed by atoms with Gasteiger partial charge < -0.3 is 20.4 Å². The summed E-state index contributed by atoms with van der Waals surface area (Å²) in [6.45, 7) is 4.12. The van der Waals surface area contributed by atoms with Crippen molar-refractivity contribution in [2.24, 2.45) is 0 Å². The number of likely N-dealkylation sites (N-methyl/N-ethyl adjacent to an activating group) is 1. The zero-order chi connectivity index (χ0) is 14.5. The lowest BCUT2D eigenvalue weighted by molar-refractivity contribution is 0.0737. The van der Waals surface area contributed by atoms with Gasteiger partial charge in [-0.15, -0.1) is 0 Å². The van der Waals surface area contributed by atoms with Crippen molar-refractivity contribution in [3.05, 3.63) is 23.8 Å². The molecule has 0 saturated carbocycles. The van der Waals surface area contributed by atoms with Crippen LogP contribution in [0.2, 0.25) is 0 Å². The van der Waals surface area contributed by atoms with Crippen LogP contribution in [0.25, 0.3) is 0 Å². The number of aromatic hydroxyl groups is 2. The molecule has 110 valence electrons. The zero-order valence-electron chi connectivity index (χ0n) is 11.8. The van der Waals surface area contributed by atoms with Crippen LogP contribution in [0.1, 0.15) is 36.5 Å². The SMILES string of the molecule is CCN(CC1CCCCN1)C(=O)c1cccc(O)c1O. The predicted molar refractivity (Wildman–Crippen MR) is 77.0 cm³/mol. The number of phenols is 2. The third-order valence-electron chi connectivity index (χ3n) is 3.77. The van der Waals surface area contributed by atoms with Gasteiger partial charge in [0.25, 0.3) is 5.91 Å². The molecule has 1 aliphatic heterocycles. The molecule has 1 heterocycles. The maximum atomic E-state index is 12.4. The number of hydrogen-bond donors (Lipinski definition) is 3. The van der Waals surface area contributed by atoms with Crippen molar-refractivity contribution in [3.8, 4) is 11.5 Å². The Labute approximate surface area is 119 Å². The van der Waals surface area contributed by atoms with Crippen molar-refractivity contribution in [2.75, 3.05) is 19.6 Å². The summed E-state index contributed by atoms with van der Waals surface area (Å²) in [7, 11) is 0. The monoisotopic (exact) mass is 278 g/mol. The van der Waals surface area contributed by atoms with Crippen LogP contribution in [0.15, 0.2) is 18.2 Å². The molecule has 1 aromatic carbocycles. The number of phenolic OH excluding ortho intramolecular Hbond substituents is 2. The van der Waals surface area contributed by atoms with Crippen LogP contribution in [-0.2, 0) is 0 Å². The van der Waals surface area contributed by atoms with E-state index in [0.717, 1.165) is 13.0 Å². The van der Waals surface area contributed by atoms with Crippen molar-refractivity contribution in [1.82, 2.24) is 10.2 Å². The van der Waals surface area contributed by atoms with E-state index in [-0.39, 0.29) is 23.0 Å². The van der Waals surface area contributed by atoms with Gasteiger partial charge in [0.1, 0.15) is 0 Å². The van der Waals surface area contributed by atoms with E-state index in [2.05, 4.69) is 5.32 Å². The molecule has 1 fully saturated rings. The lowest BCUT2D eigenvalue weighted by atomic mass is 10.0. The summed E-state index contributed by atoms with van der Waals surface area (Å²) < 4.78 is 0. The highest BCUT2D eigenvalue weighted by atomic mass is 16.3. The van der Waals surface area contributed by atoms with Crippen molar-refractivity contribution in [2.45, 2.75) is 32.2 Å². The van der Waals surface area contributed by atoms with Gasteiger partial charge in [-0.2, -0.15) is 0 Å². The first kappa shape index (κ1) is 14.7. The molecule has 1 atom stereocenters. The molecule has 1 aromatic rings. The second-order valence-electron chi connectivity index (χ2n) is 5.16. The van der Waals surface area contributed by atoms with E-state index in [1.54, 1.807) is 11.0 Å². The molecule has 1 amide bonds. The number of hydrogen-bond acceptors (Lipinski definition) is 4. The van der Waals surface area contributed by atoms with Gasteiger partial charge in [0.2, 0.25) is 0 Å². The van der Waals surface area contributed by atoms with Gasteiger partial charge in [0.15, 0.2) is 11.5 Å². The molecule has 1 unspecified atom stereocenters. The highest BCUT2D eigenvalue weighted by Crippen LogP contribution is 2.29. The number of nitrogens with one attached hydrogen (secondary N) is 1. The summed E-state index contributed by atoms with van der Waals surface area (Å²) in [4.78, 5) is 14.2. The van der Waals surface area contributed by atoms with E-state index in [1.165, 1.54) is 25.0 Å². The Kier molecular flexibility index (Phi) is 4.84. The van der Waals surface area contributed by atoms with Gasteiger partial charge in [-0.25, -0.2) is 0 Å². The van der Waals surface area contributed by atoms with Crippen LogP contribution >= 0.6 is 0 Å². The van der Waals surface area contributed by atoms with E-state index in [9.17, 15) is 15.0 Å². The molecule has 1 aliphatic rings. The third kappa shape index (κ3) is 3.22. The maximum absolute atomic E-state index is 12.4. The molecule has 0 aliphatic carbocycles. The van der Waals surface area contributed by atoms with Gasteiger partial charge >= 0.3 is 0 Å². The van der Waals surface area contributed by atoms with Gasteiger partial charge in [-0.3, -0.25) is 4.79 Å². The summed E-state index contributed by atoms with van der Waals surface area (Å²) in [6.07, 6.45) is 3.43. The highest BCUT2D eigenvalue weighted by Gasteiger charge is 2.23. The predicted octanol–water partition coefficient (Wildman–Crippen LogP) is 1.70. The van der Waals surface area contributed by atoms with Gasteiger partial charge in [-0.05, 0) is 38.4 Å². The average Bonchev–Trinajstić information content (AvgIpc) is 2.48. The van der Waals surface area contributed by atoms with Crippen LogP contribution in [-0.4, -0.2) is 46.7 Å². The van der Waals surface area contributed by atoms with Gasteiger partial charge in [-0.1, -0.05) is 12.5 Å². The maximum Gasteiger partial charge on any atom is 0.257 e. The lowest BCUT2D eigenvalue weighted by Gasteiger charge is -2.30. The third-order valence-corrected chi connectivity index (χ3v) is 3.77. The Hall–Kier alpha value is -1.75. The molecule has 0 aromatic heterocycles. The topological polar surface area (TPSA) is 72.8 Å². The Bertz CT molecular complexity index is 470. The van der Waals surface area contributed by atoms with Crippen LogP contribution in [0.4, 0.5) is 0 Å². The second-order valence-corrected chi connectivity index (χ2v) is 5.16. The van der Waals surface area contributed by atoms with E-state index in [0.29, 0.717) is 19.1 Å². The average molecular weight is 278 g/mol. The number of amides is 1. The number of piperidine rings is 1. The fourth-order valence-electron chi connectivity index (χ4n) is 2.58. The largest absolute Gasteiger partial charge is 0.504 e. The minimum atomic E-state index is -0.340. The number of carbonyl (C=O) groups is 1. The minimum absolute atomic E-state index is 0.155. The van der Waals surface area contributed by atoms with Crippen molar-refractivity contribution < 1.29 is 15.0 Å². The van der Waals surface area contributed by atoms with Crippen LogP contribution in [0.3, 0.4) is 0 Å². The molecule has 5 nitrogen and oxygen atoms in total. The molecule has 0 radical (unpaired) electrons. The van der Waals surface area contributed by atoms with Gasteiger partial charge in [0.05, 0.1) is 5.56 Å². The van der Waals surface area contributed by atoms with Crippen LogP contribution < -0.4 is 5.32 Å². The normalized spacial score (nSPS) is 18.8. The van der Waals surface area contributed by atoms with E-state index < -0.39 is 0 Å². The first-order chi connectivity index (χ1) is 9.63. The first-order valence-corrected chi connectivity index (χ1v) is 7.17. The number of nitrogens with zero attached hydrogens (tertiary/aromatic N) is 1. The summed E-state index contributed by atoms with van der Waals surface area (Å²) >= 11 is 0. The molecule has 1 saturated heterocycles. The van der Waals surface area contributed by atoms with Gasteiger partial charge in [0, 0.05) is 19.1 Å². The number of benzene rings is 1. The Balaban J connectivity index is 2.10. The van der Waals surface area contributed by atoms with E-state index >= 15 is 0 Å². The Morgan fingerprint density at radius 1 is 1.40 bits per heavy atom. The number of carbonyl (C=O) groups excluding carboxylic acids is 1. The fourth-order valence-corrected chi connectivity index (χ4v) is 2.58. The Morgan fingerprint density at radius 2 is 2.20 bits per heavy atom. The molecule has 20 heavy (non-hydrogen) atoms. The quantitative estimate of drug-likeness (QED) is 0.733. The fraction of sp³-hybridized carbons (Fsp3) is 0.533. The van der Waals surface area contributed by atoms with Crippen molar-refractivity contribution in [3.63, 3.8) is 0 Å². The minimum Gasteiger partial charge on any atom is -0.504 e. The summed E-state index contributed by atoms with van der Waals surface area (Å²) in [6, 6.07) is 4.78. The molecule has 0 spiro atoms. The first-order valence-electron chi connectivity index (χ1n) is 7.17. The Morgan fingerprint density at radius 3 is 2.85 bits per heavy atom. The summed E-state index contributed by atoms with van der Waals surface area (Å²) in [5.41, 5.74) is 0.155. The summed E-state index contributed by atoms with van der Waals surface area (Å²) in [5, 5.41) is 22.7. The van der Waals surface area contributed by atoms with Crippen LogP contribution in [0, 0.1) is 0 Å². The zero-order valence-corrected chi connectivity index (χ0v) is 11.8.